The molecule has 0 saturated carbocycles. The highest BCUT2D eigenvalue weighted by Gasteiger charge is 2.31. The molecule has 0 aliphatic carbocycles. The van der Waals surface area contributed by atoms with Crippen LogP contribution in [0.15, 0.2) is 65.7 Å². The lowest BCUT2D eigenvalue weighted by atomic mass is 10.0. The predicted molar refractivity (Wildman–Crippen MR) is 95.5 cm³/mol. The summed E-state index contributed by atoms with van der Waals surface area (Å²) in [6, 6.07) is 16.4. The first-order chi connectivity index (χ1) is 12.1. The van der Waals surface area contributed by atoms with Crippen LogP contribution in [0.1, 0.15) is 11.1 Å². The molecule has 1 aromatic heterocycles. The number of pyridine rings is 1. The molecule has 0 bridgehead atoms. The van der Waals surface area contributed by atoms with Crippen LogP contribution in [0.25, 0.3) is 10.9 Å². The summed E-state index contributed by atoms with van der Waals surface area (Å²) in [5.41, 5.74) is 2.37. The third-order valence-electron chi connectivity index (χ3n) is 4.55. The summed E-state index contributed by atoms with van der Waals surface area (Å²) < 4.78 is 27.9. The van der Waals surface area contributed by atoms with Crippen LogP contribution >= 0.6 is 0 Å². The number of nitrogens with zero attached hydrogens (tertiary/aromatic N) is 2. The van der Waals surface area contributed by atoms with Crippen molar-refractivity contribution in [3.63, 3.8) is 0 Å². The van der Waals surface area contributed by atoms with E-state index in [0.29, 0.717) is 11.9 Å². The van der Waals surface area contributed by atoms with Gasteiger partial charge in [0.05, 0.1) is 11.6 Å². The zero-order chi connectivity index (χ0) is 17.4. The molecule has 1 aliphatic heterocycles. The summed E-state index contributed by atoms with van der Waals surface area (Å²) in [7, 11) is -3.78. The van der Waals surface area contributed by atoms with Crippen LogP contribution in [0.4, 0.5) is 0 Å². The highest BCUT2D eigenvalue weighted by molar-refractivity contribution is 7.89. The Labute approximate surface area is 146 Å². The highest BCUT2D eigenvalue weighted by atomic mass is 32.2. The van der Waals surface area contributed by atoms with Gasteiger partial charge in [0.15, 0.2) is 0 Å². The zero-order valence-corrected chi connectivity index (χ0v) is 14.4. The van der Waals surface area contributed by atoms with Crippen LogP contribution in [-0.2, 0) is 23.0 Å². The molecule has 1 unspecified atom stereocenters. The summed E-state index contributed by atoms with van der Waals surface area (Å²) in [4.78, 5) is 4.44. The largest absolute Gasteiger partial charge is 0.391 e. The number of β-amino-alcohol motifs (C(OH)–C–C–N with tert-alkyl or cyclic N) is 1. The molecule has 1 N–H and O–H groups in total. The fraction of sp³-hybridized carbons (Fsp3) is 0.211. The summed E-state index contributed by atoms with van der Waals surface area (Å²) in [6.45, 7) is 0.318. The number of hydrogen-bond donors (Lipinski definition) is 1. The molecule has 0 amide bonds. The van der Waals surface area contributed by atoms with Gasteiger partial charge in [-0.15, -0.1) is 0 Å². The van der Waals surface area contributed by atoms with E-state index in [-0.39, 0.29) is 18.0 Å². The van der Waals surface area contributed by atoms with Crippen molar-refractivity contribution in [1.82, 2.24) is 9.29 Å². The van der Waals surface area contributed by atoms with E-state index in [0.717, 1.165) is 16.5 Å². The topological polar surface area (TPSA) is 70.5 Å². The Morgan fingerprint density at radius 1 is 1.00 bits per heavy atom. The van der Waals surface area contributed by atoms with Crippen molar-refractivity contribution in [3.05, 3.63) is 71.9 Å². The van der Waals surface area contributed by atoms with E-state index in [2.05, 4.69) is 4.98 Å². The number of hydrogen-bond acceptors (Lipinski definition) is 4. The summed E-state index contributed by atoms with van der Waals surface area (Å²) in [6.07, 6.45) is 1.31. The Balaban J connectivity index is 1.82. The Bertz CT molecular complexity index is 1030. The highest BCUT2D eigenvalue weighted by Crippen LogP contribution is 2.28. The zero-order valence-electron chi connectivity index (χ0n) is 13.5. The molecule has 2 heterocycles. The van der Waals surface area contributed by atoms with E-state index in [9.17, 15) is 13.5 Å². The molecule has 2 aromatic carbocycles. The Morgan fingerprint density at radius 2 is 1.76 bits per heavy atom. The van der Waals surface area contributed by atoms with Crippen molar-refractivity contribution in [3.8, 4) is 0 Å². The molecule has 0 radical (unpaired) electrons. The lowest BCUT2D eigenvalue weighted by Crippen LogP contribution is -2.36. The second kappa shape index (κ2) is 6.22. The second-order valence-electron chi connectivity index (χ2n) is 6.26. The summed E-state index contributed by atoms with van der Waals surface area (Å²) in [5, 5.41) is 11.1. The monoisotopic (exact) mass is 354 g/mol. The number of aliphatic hydroxyl groups excluding tert-OH is 1. The third-order valence-corrected chi connectivity index (χ3v) is 6.39. The van der Waals surface area contributed by atoms with Gasteiger partial charge < -0.3 is 5.11 Å². The SMILES string of the molecule is O=S(=O)(c1cccc2cccnc12)N1Cc2ccccc2CC(O)C1. The van der Waals surface area contributed by atoms with Crippen LogP contribution in [0, 0.1) is 0 Å². The van der Waals surface area contributed by atoms with E-state index in [1.807, 2.05) is 36.4 Å². The fourth-order valence-corrected chi connectivity index (χ4v) is 4.95. The van der Waals surface area contributed by atoms with Gasteiger partial charge in [0.1, 0.15) is 4.90 Å². The molecule has 25 heavy (non-hydrogen) atoms. The van der Waals surface area contributed by atoms with E-state index < -0.39 is 16.1 Å². The molecule has 4 rings (SSSR count). The van der Waals surface area contributed by atoms with Gasteiger partial charge in [-0.05, 0) is 29.7 Å². The number of aromatic nitrogens is 1. The van der Waals surface area contributed by atoms with Crippen molar-refractivity contribution in [2.45, 2.75) is 24.0 Å². The maximum atomic E-state index is 13.3. The van der Waals surface area contributed by atoms with E-state index in [1.165, 1.54) is 4.31 Å². The summed E-state index contributed by atoms with van der Waals surface area (Å²) >= 11 is 0. The lowest BCUT2D eigenvalue weighted by molar-refractivity contribution is 0.150. The molecular formula is C19H18N2O3S. The van der Waals surface area contributed by atoms with Gasteiger partial charge in [-0.2, -0.15) is 4.31 Å². The van der Waals surface area contributed by atoms with Crippen molar-refractivity contribution in [2.24, 2.45) is 0 Å². The normalized spacial score (nSPS) is 18.7. The van der Waals surface area contributed by atoms with E-state index >= 15 is 0 Å². The fourth-order valence-electron chi connectivity index (χ4n) is 3.33. The van der Waals surface area contributed by atoms with Gasteiger partial charge in [0.25, 0.3) is 0 Å². The van der Waals surface area contributed by atoms with Gasteiger partial charge in [0, 0.05) is 24.7 Å². The predicted octanol–water partition coefficient (Wildman–Crippen LogP) is 2.34. The Morgan fingerprint density at radius 3 is 2.60 bits per heavy atom. The van der Waals surface area contributed by atoms with Gasteiger partial charge in [-0.25, -0.2) is 8.42 Å². The first kappa shape index (κ1) is 16.2. The lowest BCUT2D eigenvalue weighted by Gasteiger charge is -2.22. The van der Waals surface area contributed by atoms with Crippen molar-refractivity contribution >= 4 is 20.9 Å². The van der Waals surface area contributed by atoms with Gasteiger partial charge in [0.2, 0.25) is 10.0 Å². The maximum absolute atomic E-state index is 13.3. The third kappa shape index (κ3) is 2.93. The Hall–Kier alpha value is -2.28. The minimum atomic E-state index is -3.78. The minimum Gasteiger partial charge on any atom is -0.391 e. The first-order valence-corrected chi connectivity index (χ1v) is 9.58. The Kier molecular flexibility index (Phi) is 4.03. The number of sulfonamides is 1. The number of rotatable bonds is 2. The molecule has 3 aromatic rings. The molecule has 1 atom stereocenters. The average Bonchev–Trinajstić information content (AvgIpc) is 2.79. The number of para-hydroxylation sites is 1. The van der Waals surface area contributed by atoms with Crippen LogP contribution in [0.5, 0.6) is 0 Å². The quantitative estimate of drug-likeness (QED) is 0.767. The molecular weight excluding hydrogens is 336 g/mol. The maximum Gasteiger partial charge on any atom is 0.245 e. The number of aliphatic hydroxyl groups is 1. The smallest absolute Gasteiger partial charge is 0.245 e. The summed E-state index contributed by atoms with van der Waals surface area (Å²) in [5.74, 6) is 0. The van der Waals surface area contributed by atoms with Crippen LogP contribution in [0.2, 0.25) is 0 Å². The van der Waals surface area contributed by atoms with Gasteiger partial charge in [-0.1, -0.05) is 42.5 Å². The standard InChI is InChI=1S/C19H18N2O3S/c22-17-11-15-5-1-2-6-16(15)12-21(13-17)25(23,24)18-9-3-7-14-8-4-10-20-19(14)18/h1-10,17,22H,11-13H2. The second-order valence-corrected chi connectivity index (χ2v) is 8.16. The number of fused-ring (bicyclic) bond motifs is 2. The van der Waals surface area contributed by atoms with Gasteiger partial charge in [-0.3, -0.25) is 4.98 Å². The van der Waals surface area contributed by atoms with Crippen LogP contribution in [-0.4, -0.2) is 35.5 Å². The minimum absolute atomic E-state index is 0.0697. The molecule has 5 nitrogen and oxygen atoms in total. The molecule has 0 saturated heterocycles. The van der Waals surface area contributed by atoms with E-state index in [4.69, 9.17) is 0 Å². The van der Waals surface area contributed by atoms with E-state index in [1.54, 1.807) is 24.4 Å². The van der Waals surface area contributed by atoms with Crippen LogP contribution < -0.4 is 0 Å². The molecule has 1 aliphatic rings. The van der Waals surface area contributed by atoms with Gasteiger partial charge >= 0.3 is 0 Å². The molecule has 0 spiro atoms. The van der Waals surface area contributed by atoms with Crippen molar-refractivity contribution in [1.29, 1.82) is 0 Å². The molecule has 128 valence electrons. The van der Waals surface area contributed by atoms with Crippen molar-refractivity contribution in [2.75, 3.05) is 6.54 Å². The number of benzene rings is 2. The molecule has 6 heteroatoms. The average molecular weight is 354 g/mol. The van der Waals surface area contributed by atoms with Crippen molar-refractivity contribution < 1.29 is 13.5 Å². The molecule has 0 fully saturated rings. The van der Waals surface area contributed by atoms with Crippen LogP contribution in [0.3, 0.4) is 0 Å². The first-order valence-electron chi connectivity index (χ1n) is 8.14.